The van der Waals surface area contributed by atoms with Crippen LogP contribution in [0.1, 0.15) is 39.0 Å². The average Bonchev–Trinajstić information content (AvgIpc) is 1.78. The molecule has 2 aliphatic carbocycles. The SMILES string of the molecule is C=C1CC2CC(=C)CC(C)(C1)C2. The van der Waals surface area contributed by atoms with E-state index in [1.165, 1.54) is 43.3 Å². The molecule has 0 heteroatoms. The lowest BCUT2D eigenvalue weighted by atomic mass is 9.61. The van der Waals surface area contributed by atoms with Gasteiger partial charge in [-0.2, -0.15) is 0 Å². The Morgan fingerprint density at radius 1 is 1.17 bits per heavy atom. The molecule has 0 aromatic rings. The number of fused-ring (bicyclic) bond motifs is 2. The van der Waals surface area contributed by atoms with Crippen LogP contribution in [0.25, 0.3) is 0 Å². The molecule has 0 N–H and O–H groups in total. The van der Waals surface area contributed by atoms with Gasteiger partial charge in [-0.1, -0.05) is 31.2 Å². The summed E-state index contributed by atoms with van der Waals surface area (Å²) in [4.78, 5) is 0. The zero-order chi connectivity index (χ0) is 8.77. The predicted octanol–water partition coefficient (Wildman–Crippen LogP) is 3.70. The summed E-state index contributed by atoms with van der Waals surface area (Å²) in [5, 5.41) is 0. The van der Waals surface area contributed by atoms with Crippen molar-refractivity contribution in [2.45, 2.75) is 39.0 Å². The van der Waals surface area contributed by atoms with Crippen molar-refractivity contribution in [2.75, 3.05) is 0 Å². The van der Waals surface area contributed by atoms with Gasteiger partial charge in [-0.25, -0.2) is 0 Å². The number of rotatable bonds is 0. The van der Waals surface area contributed by atoms with Gasteiger partial charge in [-0.3, -0.25) is 0 Å². The molecule has 0 radical (unpaired) electrons. The highest BCUT2D eigenvalue weighted by Crippen LogP contribution is 2.51. The smallest absolute Gasteiger partial charge is 0.0249 e. The van der Waals surface area contributed by atoms with Gasteiger partial charge in [0.05, 0.1) is 0 Å². The van der Waals surface area contributed by atoms with E-state index in [4.69, 9.17) is 0 Å². The minimum absolute atomic E-state index is 0.523. The Morgan fingerprint density at radius 3 is 2.08 bits per heavy atom. The molecule has 0 aromatic heterocycles. The molecule has 0 saturated heterocycles. The van der Waals surface area contributed by atoms with Crippen molar-refractivity contribution in [2.24, 2.45) is 11.3 Å². The van der Waals surface area contributed by atoms with Gasteiger partial charge < -0.3 is 0 Å². The van der Waals surface area contributed by atoms with Crippen molar-refractivity contribution in [3.63, 3.8) is 0 Å². The fourth-order valence-corrected chi connectivity index (χ4v) is 3.29. The number of allylic oxidation sites excluding steroid dienone is 2. The van der Waals surface area contributed by atoms with Crippen LogP contribution < -0.4 is 0 Å². The molecule has 2 aliphatic rings. The van der Waals surface area contributed by atoms with E-state index < -0.39 is 0 Å². The summed E-state index contributed by atoms with van der Waals surface area (Å²) in [6, 6.07) is 0. The molecule has 2 fully saturated rings. The van der Waals surface area contributed by atoms with Gasteiger partial charge in [0, 0.05) is 0 Å². The Kier molecular flexibility index (Phi) is 1.67. The van der Waals surface area contributed by atoms with Gasteiger partial charge in [-0.15, -0.1) is 0 Å². The van der Waals surface area contributed by atoms with Gasteiger partial charge >= 0.3 is 0 Å². The molecule has 0 atom stereocenters. The largest absolute Gasteiger partial charge is 0.0998 e. The lowest BCUT2D eigenvalue weighted by Crippen LogP contribution is -2.31. The molecule has 0 spiro atoms. The van der Waals surface area contributed by atoms with Crippen LogP contribution in [0.3, 0.4) is 0 Å². The molecule has 0 nitrogen and oxygen atoms in total. The van der Waals surface area contributed by atoms with Crippen LogP contribution in [0.5, 0.6) is 0 Å². The fourth-order valence-electron chi connectivity index (χ4n) is 3.29. The van der Waals surface area contributed by atoms with Crippen molar-refractivity contribution in [1.82, 2.24) is 0 Å². The summed E-state index contributed by atoms with van der Waals surface area (Å²) in [6.45, 7) is 10.7. The Morgan fingerprint density at radius 2 is 1.67 bits per heavy atom. The van der Waals surface area contributed by atoms with Crippen LogP contribution in [-0.2, 0) is 0 Å². The maximum Gasteiger partial charge on any atom is -0.0249 e. The highest BCUT2D eigenvalue weighted by Gasteiger charge is 2.38. The molecule has 2 rings (SSSR count). The fraction of sp³-hybridized carbons (Fsp3) is 0.667. The molecule has 0 aromatic carbocycles. The van der Waals surface area contributed by atoms with Crippen molar-refractivity contribution in [3.05, 3.63) is 24.3 Å². The minimum Gasteiger partial charge on any atom is -0.0998 e. The zero-order valence-electron chi connectivity index (χ0n) is 8.03. The van der Waals surface area contributed by atoms with E-state index in [1.54, 1.807) is 0 Å². The predicted molar refractivity (Wildman–Crippen MR) is 53.0 cm³/mol. The van der Waals surface area contributed by atoms with Crippen LogP contribution in [0.15, 0.2) is 24.3 Å². The Balaban J connectivity index is 2.22. The summed E-state index contributed by atoms with van der Waals surface area (Å²) >= 11 is 0. The van der Waals surface area contributed by atoms with E-state index >= 15 is 0 Å². The summed E-state index contributed by atoms with van der Waals surface area (Å²) in [6.07, 6.45) is 6.40. The van der Waals surface area contributed by atoms with Gasteiger partial charge in [0.25, 0.3) is 0 Å². The Labute approximate surface area is 75.4 Å². The lowest BCUT2D eigenvalue weighted by Gasteiger charge is -2.44. The van der Waals surface area contributed by atoms with Gasteiger partial charge in [0.1, 0.15) is 0 Å². The molecule has 0 heterocycles. The molecular weight excluding hydrogens is 144 g/mol. The van der Waals surface area contributed by atoms with Gasteiger partial charge in [-0.05, 0) is 43.4 Å². The molecule has 2 bridgehead atoms. The molecular formula is C12H18. The normalized spacial score (nSPS) is 41.6. The number of hydrogen-bond donors (Lipinski definition) is 0. The van der Waals surface area contributed by atoms with Gasteiger partial charge in [0.2, 0.25) is 0 Å². The zero-order valence-corrected chi connectivity index (χ0v) is 8.03. The summed E-state index contributed by atoms with van der Waals surface area (Å²) in [7, 11) is 0. The number of hydrogen-bond acceptors (Lipinski definition) is 0. The van der Waals surface area contributed by atoms with E-state index in [9.17, 15) is 0 Å². The quantitative estimate of drug-likeness (QED) is 0.476. The van der Waals surface area contributed by atoms with E-state index in [-0.39, 0.29) is 0 Å². The summed E-state index contributed by atoms with van der Waals surface area (Å²) in [5.41, 5.74) is 3.47. The van der Waals surface area contributed by atoms with Crippen LogP contribution in [0.2, 0.25) is 0 Å². The Bertz CT molecular complexity index is 214. The first-order valence-electron chi connectivity index (χ1n) is 4.91. The summed E-state index contributed by atoms with van der Waals surface area (Å²) in [5.74, 6) is 0.873. The maximum atomic E-state index is 4.14. The minimum atomic E-state index is 0.523. The molecule has 66 valence electrons. The third-order valence-corrected chi connectivity index (χ3v) is 3.29. The molecule has 0 unspecified atom stereocenters. The Hall–Kier alpha value is -0.520. The second-order valence-electron chi connectivity index (χ2n) is 5.14. The average molecular weight is 162 g/mol. The van der Waals surface area contributed by atoms with Crippen LogP contribution in [0.4, 0.5) is 0 Å². The standard InChI is InChI=1S/C12H18/c1-9-4-11-5-10(2)7-12(3,6-9)8-11/h11H,1-2,4-8H2,3H3. The first kappa shape index (κ1) is 8.10. The van der Waals surface area contributed by atoms with Crippen molar-refractivity contribution in [3.8, 4) is 0 Å². The molecule has 12 heavy (non-hydrogen) atoms. The maximum absolute atomic E-state index is 4.14. The highest BCUT2D eigenvalue weighted by molar-refractivity contribution is 5.16. The lowest BCUT2D eigenvalue weighted by molar-refractivity contribution is 0.164. The molecule has 0 amide bonds. The highest BCUT2D eigenvalue weighted by atomic mass is 14.4. The second kappa shape index (κ2) is 2.48. The topological polar surface area (TPSA) is 0 Å². The van der Waals surface area contributed by atoms with Crippen molar-refractivity contribution >= 4 is 0 Å². The van der Waals surface area contributed by atoms with E-state index in [0.29, 0.717) is 5.41 Å². The molecule has 0 aliphatic heterocycles. The van der Waals surface area contributed by atoms with E-state index in [0.717, 1.165) is 5.92 Å². The first-order valence-corrected chi connectivity index (χ1v) is 4.91. The van der Waals surface area contributed by atoms with Crippen molar-refractivity contribution in [1.29, 1.82) is 0 Å². The summed E-state index contributed by atoms with van der Waals surface area (Å²) < 4.78 is 0. The third-order valence-electron chi connectivity index (χ3n) is 3.29. The van der Waals surface area contributed by atoms with E-state index in [1.807, 2.05) is 0 Å². The van der Waals surface area contributed by atoms with Crippen LogP contribution in [0, 0.1) is 11.3 Å². The van der Waals surface area contributed by atoms with Gasteiger partial charge in [0.15, 0.2) is 0 Å². The third kappa shape index (κ3) is 1.35. The van der Waals surface area contributed by atoms with Crippen molar-refractivity contribution < 1.29 is 0 Å². The monoisotopic (exact) mass is 162 g/mol. The van der Waals surface area contributed by atoms with E-state index in [2.05, 4.69) is 20.1 Å². The second-order valence-corrected chi connectivity index (χ2v) is 5.14. The van der Waals surface area contributed by atoms with Crippen LogP contribution >= 0.6 is 0 Å². The first-order chi connectivity index (χ1) is 5.57. The van der Waals surface area contributed by atoms with Crippen LogP contribution in [-0.4, -0.2) is 0 Å². The molecule has 2 saturated carbocycles.